The van der Waals surface area contributed by atoms with Gasteiger partial charge >= 0.3 is 0 Å². The van der Waals surface area contributed by atoms with Crippen LogP contribution in [0.4, 0.5) is 0 Å². The molecule has 3 N–H and O–H groups in total. The Balaban J connectivity index is 1.82. The lowest BCUT2D eigenvalue weighted by Gasteiger charge is -2.12. The van der Waals surface area contributed by atoms with E-state index in [2.05, 4.69) is 16.2 Å². The number of carbonyl (C=O) groups excluding carboxylic acids is 2. The van der Waals surface area contributed by atoms with Crippen LogP contribution in [0.15, 0.2) is 48.5 Å². The Morgan fingerprint density at radius 2 is 1.76 bits per heavy atom. The summed E-state index contributed by atoms with van der Waals surface area (Å²) in [5.41, 5.74) is 6.04. The van der Waals surface area contributed by atoms with Gasteiger partial charge in [-0.25, -0.2) is 0 Å². The summed E-state index contributed by atoms with van der Waals surface area (Å²) in [5.74, 6) is -0.326. The summed E-state index contributed by atoms with van der Waals surface area (Å²) in [7, 11) is 1.47. The lowest BCUT2D eigenvalue weighted by Crippen LogP contribution is -2.48. The molecule has 0 atom stereocenters. The molecule has 0 aliphatic heterocycles. The van der Waals surface area contributed by atoms with E-state index in [9.17, 15) is 9.59 Å². The predicted octanol–water partition coefficient (Wildman–Crippen LogP) is 2.23. The third-order valence-corrected chi connectivity index (χ3v) is 3.63. The predicted molar refractivity (Wildman–Crippen MR) is 99.5 cm³/mol. The Morgan fingerprint density at radius 3 is 2.44 bits per heavy atom. The van der Waals surface area contributed by atoms with Crippen LogP contribution in [0.5, 0.6) is 5.75 Å². The van der Waals surface area contributed by atoms with E-state index in [0.29, 0.717) is 16.3 Å². The third-order valence-electron chi connectivity index (χ3n) is 3.17. The number of methoxy groups -OCH3 is 1. The third kappa shape index (κ3) is 5.74. The second-order valence-corrected chi connectivity index (χ2v) is 5.80. The number of ether oxygens (including phenoxy) is 1. The van der Waals surface area contributed by atoms with Gasteiger partial charge < -0.3 is 4.74 Å². The fraction of sp³-hybridized carbons (Fsp3) is 0.118. The first-order valence-corrected chi connectivity index (χ1v) is 8.06. The highest BCUT2D eigenvalue weighted by Crippen LogP contribution is 2.16. The number of thiocarbonyl (C=S) groups is 1. The van der Waals surface area contributed by atoms with E-state index in [1.807, 2.05) is 0 Å². The van der Waals surface area contributed by atoms with E-state index in [4.69, 9.17) is 28.6 Å². The van der Waals surface area contributed by atoms with Gasteiger partial charge in [0.25, 0.3) is 5.91 Å². The SMILES string of the molecule is COc1ccccc1C(=O)NC(=S)NNC(=O)Cc1ccc(Cl)cc1. The number of carbonyl (C=O) groups is 2. The van der Waals surface area contributed by atoms with Crippen molar-refractivity contribution in [1.29, 1.82) is 0 Å². The van der Waals surface area contributed by atoms with Crippen molar-refractivity contribution < 1.29 is 14.3 Å². The van der Waals surface area contributed by atoms with Gasteiger partial charge in [-0.2, -0.15) is 0 Å². The molecule has 0 unspecified atom stereocenters. The molecule has 25 heavy (non-hydrogen) atoms. The maximum Gasteiger partial charge on any atom is 0.261 e. The zero-order valence-electron chi connectivity index (χ0n) is 13.3. The quantitative estimate of drug-likeness (QED) is 0.562. The van der Waals surface area contributed by atoms with E-state index in [0.717, 1.165) is 5.56 Å². The summed E-state index contributed by atoms with van der Waals surface area (Å²) in [4.78, 5) is 24.0. The van der Waals surface area contributed by atoms with Crippen molar-refractivity contribution in [3.8, 4) is 5.75 Å². The van der Waals surface area contributed by atoms with Crippen LogP contribution >= 0.6 is 23.8 Å². The molecule has 2 amide bonds. The summed E-state index contributed by atoms with van der Waals surface area (Å²) in [6.07, 6.45) is 0.146. The molecule has 2 rings (SSSR count). The van der Waals surface area contributed by atoms with Crippen molar-refractivity contribution >= 4 is 40.7 Å². The van der Waals surface area contributed by atoms with Crippen LogP contribution < -0.4 is 20.9 Å². The van der Waals surface area contributed by atoms with Gasteiger partial charge in [0.05, 0.1) is 19.1 Å². The molecule has 130 valence electrons. The number of amides is 2. The van der Waals surface area contributed by atoms with E-state index in [1.54, 1.807) is 48.5 Å². The molecule has 8 heteroatoms. The van der Waals surface area contributed by atoms with Gasteiger partial charge in [-0.15, -0.1) is 0 Å². The number of benzene rings is 2. The smallest absolute Gasteiger partial charge is 0.261 e. The summed E-state index contributed by atoms with van der Waals surface area (Å²) < 4.78 is 5.12. The number of hydrogen-bond acceptors (Lipinski definition) is 4. The first-order valence-electron chi connectivity index (χ1n) is 7.27. The Hall–Kier alpha value is -2.64. The zero-order valence-corrected chi connectivity index (χ0v) is 14.9. The first-order chi connectivity index (χ1) is 12.0. The summed E-state index contributed by atoms with van der Waals surface area (Å²) in [6, 6.07) is 13.7. The fourth-order valence-corrected chi connectivity index (χ4v) is 2.26. The van der Waals surface area contributed by atoms with Crippen LogP contribution in [-0.4, -0.2) is 24.0 Å². The van der Waals surface area contributed by atoms with Crippen molar-refractivity contribution in [2.75, 3.05) is 7.11 Å². The Bertz CT molecular complexity index is 781. The van der Waals surface area contributed by atoms with Crippen molar-refractivity contribution in [3.05, 3.63) is 64.7 Å². The summed E-state index contributed by atoms with van der Waals surface area (Å²) >= 11 is 10.8. The average Bonchev–Trinajstić information content (AvgIpc) is 2.62. The molecule has 2 aromatic carbocycles. The maximum absolute atomic E-state index is 12.2. The van der Waals surface area contributed by atoms with Gasteiger partial charge in [-0.3, -0.25) is 25.8 Å². The highest BCUT2D eigenvalue weighted by atomic mass is 35.5. The van der Waals surface area contributed by atoms with Crippen LogP contribution in [0.2, 0.25) is 5.02 Å². The van der Waals surface area contributed by atoms with E-state index < -0.39 is 5.91 Å². The van der Waals surface area contributed by atoms with E-state index >= 15 is 0 Å². The molecule has 0 heterocycles. The minimum Gasteiger partial charge on any atom is -0.496 e. The lowest BCUT2D eigenvalue weighted by molar-refractivity contribution is -0.121. The molecule has 6 nitrogen and oxygen atoms in total. The van der Waals surface area contributed by atoms with Crippen LogP contribution in [0.25, 0.3) is 0 Å². The number of halogens is 1. The van der Waals surface area contributed by atoms with Gasteiger partial charge in [0.15, 0.2) is 5.11 Å². The first kappa shape index (κ1) is 18.7. The molecular weight excluding hydrogens is 362 g/mol. The fourth-order valence-electron chi connectivity index (χ4n) is 1.99. The van der Waals surface area contributed by atoms with Gasteiger partial charge in [0.2, 0.25) is 5.91 Å². The standard InChI is InChI=1S/C17H16ClN3O3S/c1-24-14-5-3-2-4-13(14)16(23)19-17(25)21-20-15(22)10-11-6-8-12(18)9-7-11/h2-9H,10H2,1H3,(H,20,22)(H2,19,21,23,25). The molecule has 0 bridgehead atoms. The van der Waals surface area contributed by atoms with Gasteiger partial charge in [-0.05, 0) is 42.0 Å². The van der Waals surface area contributed by atoms with Crippen molar-refractivity contribution in [1.82, 2.24) is 16.2 Å². The zero-order chi connectivity index (χ0) is 18.2. The highest BCUT2D eigenvalue weighted by Gasteiger charge is 2.13. The van der Waals surface area contributed by atoms with Crippen molar-refractivity contribution in [3.63, 3.8) is 0 Å². The minimum atomic E-state index is -0.443. The summed E-state index contributed by atoms with van der Waals surface area (Å²) in [6.45, 7) is 0. The van der Waals surface area contributed by atoms with Crippen molar-refractivity contribution in [2.24, 2.45) is 0 Å². The molecule has 0 aliphatic rings. The normalized spacial score (nSPS) is 9.84. The Morgan fingerprint density at radius 1 is 1.08 bits per heavy atom. The Kier molecular flexibility index (Phi) is 6.73. The Labute approximate surface area is 155 Å². The molecular formula is C17H16ClN3O3S. The number of nitrogens with one attached hydrogen (secondary N) is 3. The van der Waals surface area contributed by atoms with Crippen LogP contribution in [0, 0.1) is 0 Å². The van der Waals surface area contributed by atoms with Crippen LogP contribution in [0.3, 0.4) is 0 Å². The minimum absolute atomic E-state index is 0.0274. The lowest BCUT2D eigenvalue weighted by atomic mass is 10.1. The molecule has 0 saturated heterocycles. The van der Waals surface area contributed by atoms with Gasteiger partial charge in [0, 0.05) is 5.02 Å². The number of hydrogen-bond donors (Lipinski definition) is 3. The number of rotatable bonds is 4. The average molecular weight is 378 g/mol. The molecule has 0 radical (unpaired) electrons. The van der Waals surface area contributed by atoms with E-state index in [1.165, 1.54) is 7.11 Å². The summed E-state index contributed by atoms with van der Waals surface area (Å²) in [5, 5.41) is 3.04. The second-order valence-electron chi connectivity index (χ2n) is 4.96. The maximum atomic E-state index is 12.2. The van der Waals surface area contributed by atoms with Gasteiger partial charge in [0.1, 0.15) is 5.75 Å². The monoisotopic (exact) mass is 377 g/mol. The molecule has 2 aromatic rings. The number of para-hydroxylation sites is 1. The second kappa shape index (κ2) is 9.00. The molecule has 0 aliphatic carbocycles. The largest absolute Gasteiger partial charge is 0.496 e. The highest BCUT2D eigenvalue weighted by molar-refractivity contribution is 7.80. The van der Waals surface area contributed by atoms with Crippen LogP contribution in [-0.2, 0) is 11.2 Å². The molecule has 0 fully saturated rings. The number of hydrazine groups is 1. The topological polar surface area (TPSA) is 79.5 Å². The molecule has 0 spiro atoms. The van der Waals surface area contributed by atoms with Crippen LogP contribution in [0.1, 0.15) is 15.9 Å². The molecule has 0 aromatic heterocycles. The molecule has 0 saturated carbocycles. The van der Waals surface area contributed by atoms with E-state index in [-0.39, 0.29) is 17.4 Å². The van der Waals surface area contributed by atoms with Gasteiger partial charge in [-0.1, -0.05) is 35.9 Å². The van der Waals surface area contributed by atoms with Crippen molar-refractivity contribution in [2.45, 2.75) is 6.42 Å².